The van der Waals surface area contributed by atoms with E-state index in [0.29, 0.717) is 23.3 Å². The summed E-state index contributed by atoms with van der Waals surface area (Å²) in [6.07, 6.45) is -3.18. The van der Waals surface area contributed by atoms with Crippen molar-refractivity contribution in [1.82, 2.24) is 0 Å². The predicted octanol–water partition coefficient (Wildman–Crippen LogP) is 3.96. The maximum absolute atomic E-state index is 12.1. The van der Waals surface area contributed by atoms with Crippen LogP contribution in [-0.2, 0) is 9.59 Å². The number of carboxylic acids is 1. The standard InChI is InChI=1S/C17H12F3NO5/c18-17(19,20)26-14-7-5-13(6-8-14)25-12-3-1-11(2-4-12)21-15(22)9-10-16(23)24/h1-10H,(H,21,22)(H,23,24)/b10-9+. The van der Waals surface area contributed by atoms with E-state index in [1.165, 1.54) is 36.4 Å². The van der Waals surface area contributed by atoms with Crippen molar-refractivity contribution in [3.05, 3.63) is 60.7 Å². The van der Waals surface area contributed by atoms with E-state index in [-0.39, 0.29) is 5.75 Å². The molecule has 6 nitrogen and oxygen atoms in total. The lowest BCUT2D eigenvalue weighted by Crippen LogP contribution is -2.16. The van der Waals surface area contributed by atoms with E-state index < -0.39 is 18.2 Å². The first kappa shape index (κ1) is 18.8. The van der Waals surface area contributed by atoms with Crippen LogP contribution in [0.3, 0.4) is 0 Å². The number of ether oxygens (including phenoxy) is 2. The average molecular weight is 367 g/mol. The van der Waals surface area contributed by atoms with Crippen LogP contribution in [0.4, 0.5) is 18.9 Å². The molecule has 2 aromatic rings. The molecular formula is C17H12F3NO5. The second kappa shape index (κ2) is 8.06. The molecule has 0 aliphatic carbocycles. The molecule has 0 aromatic heterocycles. The second-order valence-corrected chi connectivity index (χ2v) is 4.81. The van der Waals surface area contributed by atoms with Gasteiger partial charge in [0.2, 0.25) is 5.91 Å². The summed E-state index contributed by atoms with van der Waals surface area (Å²) in [4.78, 5) is 21.8. The quantitative estimate of drug-likeness (QED) is 0.755. The molecule has 2 rings (SSSR count). The molecule has 1 amide bonds. The fourth-order valence-electron chi connectivity index (χ4n) is 1.78. The van der Waals surface area contributed by atoms with Crippen molar-refractivity contribution in [3.63, 3.8) is 0 Å². The van der Waals surface area contributed by atoms with Crippen LogP contribution in [0.1, 0.15) is 0 Å². The van der Waals surface area contributed by atoms with E-state index in [9.17, 15) is 22.8 Å². The summed E-state index contributed by atoms with van der Waals surface area (Å²) in [7, 11) is 0. The van der Waals surface area contributed by atoms with Crippen molar-refractivity contribution < 1.29 is 37.3 Å². The first-order chi connectivity index (χ1) is 12.2. The van der Waals surface area contributed by atoms with E-state index in [4.69, 9.17) is 9.84 Å². The van der Waals surface area contributed by atoms with E-state index in [2.05, 4.69) is 10.1 Å². The molecule has 0 bridgehead atoms. The highest BCUT2D eigenvalue weighted by atomic mass is 19.4. The van der Waals surface area contributed by atoms with Gasteiger partial charge in [0, 0.05) is 17.8 Å². The van der Waals surface area contributed by atoms with Crippen molar-refractivity contribution in [2.45, 2.75) is 6.36 Å². The van der Waals surface area contributed by atoms with Gasteiger partial charge in [0.1, 0.15) is 17.2 Å². The average Bonchev–Trinajstić information content (AvgIpc) is 2.55. The summed E-state index contributed by atoms with van der Waals surface area (Å²) in [6.45, 7) is 0. The molecule has 0 saturated carbocycles. The summed E-state index contributed by atoms with van der Waals surface area (Å²) < 4.78 is 45.5. The molecular weight excluding hydrogens is 355 g/mol. The number of anilines is 1. The second-order valence-electron chi connectivity index (χ2n) is 4.81. The highest BCUT2D eigenvalue weighted by Crippen LogP contribution is 2.27. The number of halogens is 3. The van der Waals surface area contributed by atoms with Gasteiger partial charge in [-0.3, -0.25) is 4.79 Å². The summed E-state index contributed by atoms with van der Waals surface area (Å²) in [5.41, 5.74) is 0.409. The van der Waals surface area contributed by atoms with E-state index in [1.54, 1.807) is 0 Å². The largest absolute Gasteiger partial charge is 0.573 e. The minimum atomic E-state index is -4.76. The number of amides is 1. The number of carbonyl (C=O) groups excluding carboxylic acids is 1. The van der Waals surface area contributed by atoms with Crippen molar-refractivity contribution in [2.24, 2.45) is 0 Å². The molecule has 9 heteroatoms. The van der Waals surface area contributed by atoms with Crippen LogP contribution in [0, 0.1) is 0 Å². The third kappa shape index (κ3) is 6.56. The summed E-state index contributed by atoms with van der Waals surface area (Å²) in [6, 6.07) is 10.9. The van der Waals surface area contributed by atoms with E-state index in [0.717, 1.165) is 18.2 Å². The highest BCUT2D eigenvalue weighted by molar-refractivity contribution is 6.02. The number of alkyl halides is 3. The third-order valence-electron chi connectivity index (χ3n) is 2.79. The van der Waals surface area contributed by atoms with Gasteiger partial charge >= 0.3 is 12.3 Å². The predicted molar refractivity (Wildman–Crippen MR) is 85.0 cm³/mol. The minimum absolute atomic E-state index is 0.292. The van der Waals surface area contributed by atoms with Gasteiger partial charge in [-0.15, -0.1) is 13.2 Å². The minimum Gasteiger partial charge on any atom is -0.478 e. The zero-order valence-electron chi connectivity index (χ0n) is 13.0. The topological polar surface area (TPSA) is 84.9 Å². The Kier molecular flexibility index (Phi) is 5.84. The maximum Gasteiger partial charge on any atom is 0.573 e. The van der Waals surface area contributed by atoms with Gasteiger partial charge in [-0.1, -0.05) is 0 Å². The molecule has 26 heavy (non-hydrogen) atoms. The van der Waals surface area contributed by atoms with E-state index >= 15 is 0 Å². The molecule has 0 aliphatic rings. The first-order valence-corrected chi connectivity index (χ1v) is 7.07. The van der Waals surface area contributed by atoms with Gasteiger partial charge in [-0.2, -0.15) is 0 Å². The first-order valence-electron chi connectivity index (χ1n) is 7.07. The molecule has 136 valence electrons. The Balaban J connectivity index is 1.94. The molecule has 0 heterocycles. The highest BCUT2D eigenvalue weighted by Gasteiger charge is 2.30. The number of aliphatic carboxylic acids is 1. The molecule has 0 atom stereocenters. The SMILES string of the molecule is O=C(O)/C=C/C(=O)Nc1ccc(Oc2ccc(OC(F)(F)F)cc2)cc1. The zero-order chi connectivity index (χ0) is 19.2. The number of rotatable bonds is 6. The van der Waals surface area contributed by atoms with Gasteiger partial charge in [0.05, 0.1) is 0 Å². The van der Waals surface area contributed by atoms with E-state index in [1.807, 2.05) is 0 Å². The number of hydrogen-bond acceptors (Lipinski definition) is 4. The Morgan fingerprint density at radius 3 is 1.88 bits per heavy atom. The Hall–Kier alpha value is -3.49. The number of nitrogens with one attached hydrogen (secondary N) is 1. The summed E-state index contributed by atoms with van der Waals surface area (Å²) in [5, 5.41) is 10.9. The van der Waals surface area contributed by atoms with Crippen molar-refractivity contribution >= 4 is 17.6 Å². The number of hydrogen-bond donors (Lipinski definition) is 2. The van der Waals surface area contributed by atoms with Crippen LogP contribution < -0.4 is 14.8 Å². The normalized spacial score (nSPS) is 11.2. The van der Waals surface area contributed by atoms with Crippen molar-refractivity contribution in [2.75, 3.05) is 5.32 Å². The lowest BCUT2D eigenvalue weighted by molar-refractivity contribution is -0.274. The number of carbonyl (C=O) groups is 2. The Bertz CT molecular complexity index is 799. The fourth-order valence-corrected chi connectivity index (χ4v) is 1.78. The third-order valence-corrected chi connectivity index (χ3v) is 2.79. The smallest absolute Gasteiger partial charge is 0.478 e. The van der Waals surface area contributed by atoms with Gasteiger partial charge < -0.3 is 19.9 Å². The lowest BCUT2D eigenvalue weighted by Gasteiger charge is -2.10. The van der Waals surface area contributed by atoms with Gasteiger partial charge in [0.25, 0.3) is 0 Å². The molecule has 0 saturated heterocycles. The molecule has 2 aromatic carbocycles. The number of carboxylic acid groups (broad SMARTS) is 1. The molecule has 0 fully saturated rings. The van der Waals surface area contributed by atoms with Crippen LogP contribution in [0.15, 0.2) is 60.7 Å². The summed E-state index contributed by atoms with van der Waals surface area (Å²) >= 11 is 0. The van der Waals surface area contributed by atoms with Crippen LogP contribution in [0.25, 0.3) is 0 Å². The molecule has 0 aliphatic heterocycles. The Labute approximate surface area is 145 Å². The lowest BCUT2D eigenvalue weighted by atomic mass is 10.3. The molecule has 0 unspecified atom stereocenters. The Morgan fingerprint density at radius 2 is 1.38 bits per heavy atom. The fraction of sp³-hybridized carbons (Fsp3) is 0.0588. The summed E-state index contributed by atoms with van der Waals surface area (Å²) in [5.74, 6) is -1.54. The number of benzene rings is 2. The van der Waals surface area contributed by atoms with Crippen LogP contribution in [-0.4, -0.2) is 23.3 Å². The molecule has 0 radical (unpaired) electrons. The molecule has 2 N–H and O–H groups in total. The van der Waals surface area contributed by atoms with Gasteiger partial charge in [-0.25, -0.2) is 4.79 Å². The monoisotopic (exact) mass is 367 g/mol. The van der Waals surface area contributed by atoms with Gasteiger partial charge in [0.15, 0.2) is 0 Å². The van der Waals surface area contributed by atoms with Crippen molar-refractivity contribution in [3.8, 4) is 17.2 Å². The van der Waals surface area contributed by atoms with Gasteiger partial charge in [-0.05, 0) is 48.5 Å². The van der Waals surface area contributed by atoms with Crippen molar-refractivity contribution in [1.29, 1.82) is 0 Å². The maximum atomic E-state index is 12.1. The molecule has 0 spiro atoms. The van der Waals surface area contributed by atoms with Crippen LogP contribution in [0.2, 0.25) is 0 Å². The van der Waals surface area contributed by atoms with Crippen LogP contribution >= 0.6 is 0 Å². The Morgan fingerprint density at radius 1 is 0.885 bits per heavy atom. The van der Waals surface area contributed by atoms with Crippen LogP contribution in [0.5, 0.6) is 17.2 Å². The zero-order valence-corrected chi connectivity index (χ0v) is 13.0.